The zero-order chi connectivity index (χ0) is 13.0. The summed E-state index contributed by atoms with van der Waals surface area (Å²) in [5.74, 6) is -3.07. The minimum atomic E-state index is -5.34. The van der Waals surface area contributed by atoms with Gasteiger partial charge in [0.1, 0.15) is 0 Å². The minimum absolute atomic E-state index is 0.308. The van der Waals surface area contributed by atoms with Crippen LogP contribution in [0.4, 0.5) is 13.2 Å². The van der Waals surface area contributed by atoms with E-state index in [1.165, 1.54) is 19.2 Å². The lowest BCUT2D eigenvalue weighted by Gasteiger charge is -2.28. The Labute approximate surface area is 89.6 Å². The van der Waals surface area contributed by atoms with Crippen molar-refractivity contribution in [1.29, 1.82) is 0 Å². The Balaban J connectivity index is 5.04. The third kappa shape index (κ3) is 3.09. The van der Waals surface area contributed by atoms with Crippen molar-refractivity contribution in [2.24, 2.45) is 0 Å². The van der Waals surface area contributed by atoms with E-state index in [2.05, 4.69) is 4.74 Å². The Bertz CT molecular complexity index is 279. The van der Waals surface area contributed by atoms with Gasteiger partial charge in [-0.3, -0.25) is 4.79 Å². The van der Waals surface area contributed by atoms with Crippen molar-refractivity contribution in [3.05, 3.63) is 0 Å². The highest BCUT2D eigenvalue weighted by Gasteiger charge is 2.62. The van der Waals surface area contributed by atoms with Gasteiger partial charge >= 0.3 is 17.9 Å². The highest BCUT2D eigenvalue weighted by Crippen LogP contribution is 2.29. The first-order chi connectivity index (χ1) is 7.19. The van der Waals surface area contributed by atoms with Gasteiger partial charge in [-0.2, -0.15) is 13.2 Å². The number of aliphatic hydroxyl groups is 1. The molecule has 1 amide bonds. The highest BCUT2D eigenvalue weighted by atomic mass is 19.4. The number of rotatable bonds is 4. The van der Waals surface area contributed by atoms with Crippen LogP contribution in [-0.2, 0) is 14.3 Å². The fraction of sp³-hybridized carbons (Fsp3) is 0.750. The first-order valence-electron chi connectivity index (χ1n) is 4.46. The van der Waals surface area contributed by atoms with E-state index in [0.717, 1.165) is 0 Å². The van der Waals surface area contributed by atoms with Gasteiger partial charge in [0.25, 0.3) is 0 Å². The molecule has 0 spiro atoms. The highest BCUT2D eigenvalue weighted by molar-refractivity contribution is 5.87. The van der Waals surface area contributed by atoms with E-state index in [4.69, 9.17) is 5.11 Å². The monoisotopic (exact) mass is 243 g/mol. The molecule has 0 rings (SSSR count). The second-order valence-corrected chi connectivity index (χ2v) is 2.83. The van der Waals surface area contributed by atoms with Crippen LogP contribution in [0, 0.1) is 0 Å². The number of esters is 1. The molecule has 94 valence electrons. The van der Waals surface area contributed by atoms with Gasteiger partial charge in [-0.15, -0.1) is 0 Å². The lowest BCUT2D eigenvalue weighted by Crippen LogP contribution is -2.64. The van der Waals surface area contributed by atoms with Gasteiger partial charge in [0, 0.05) is 6.42 Å². The number of halogens is 3. The third-order valence-electron chi connectivity index (χ3n) is 1.62. The Hall–Kier alpha value is -1.31. The van der Waals surface area contributed by atoms with Crippen molar-refractivity contribution in [2.45, 2.75) is 32.2 Å². The Morgan fingerprint density at radius 3 is 2.12 bits per heavy atom. The van der Waals surface area contributed by atoms with Crippen molar-refractivity contribution in [3.8, 4) is 0 Å². The molecule has 0 aliphatic carbocycles. The van der Waals surface area contributed by atoms with Gasteiger partial charge in [0.05, 0.1) is 6.61 Å². The van der Waals surface area contributed by atoms with Crippen LogP contribution in [-0.4, -0.2) is 35.5 Å². The number of amides is 1. The predicted molar refractivity (Wildman–Crippen MR) is 46.1 cm³/mol. The van der Waals surface area contributed by atoms with Gasteiger partial charge in [-0.05, 0) is 6.92 Å². The number of alkyl halides is 3. The van der Waals surface area contributed by atoms with Crippen LogP contribution in [0.5, 0.6) is 0 Å². The van der Waals surface area contributed by atoms with E-state index in [0.29, 0.717) is 0 Å². The molecule has 0 aromatic heterocycles. The molecule has 0 radical (unpaired) electrons. The molecule has 0 bridgehead atoms. The molecular formula is C8H12F3NO4. The fourth-order valence-electron chi connectivity index (χ4n) is 0.763. The molecule has 0 saturated heterocycles. The van der Waals surface area contributed by atoms with E-state index in [1.807, 2.05) is 0 Å². The Kier molecular flexibility index (Phi) is 4.73. The molecule has 0 aliphatic rings. The second kappa shape index (κ2) is 5.15. The number of nitrogens with one attached hydrogen (secondary N) is 1. The maximum Gasteiger partial charge on any atom is 0.448 e. The maximum atomic E-state index is 12.4. The molecule has 0 aromatic rings. The molecule has 5 nitrogen and oxygen atoms in total. The maximum absolute atomic E-state index is 12.4. The number of hydrogen-bond donors (Lipinski definition) is 2. The van der Waals surface area contributed by atoms with E-state index in [-0.39, 0.29) is 13.0 Å². The lowest BCUT2D eigenvalue weighted by atomic mass is 10.2. The lowest BCUT2D eigenvalue weighted by molar-refractivity contribution is -0.271. The predicted octanol–water partition coefficient (Wildman–Crippen LogP) is 0.327. The molecular weight excluding hydrogens is 231 g/mol. The van der Waals surface area contributed by atoms with Crippen LogP contribution >= 0.6 is 0 Å². The van der Waals surface area contributed by atoms with Crippen molar-refractivity contribution < 1.29 is 32.6 Å². The second-order valence-electron chi connectivity index (χ2n) is 2.83. The molecule has 1 unspecified atom stereocenters. The van der Waals surface area contributed by atoms with Crippen LogP contribution in [0.2, 0.25) is 0 Å². The molecule has 0 saturated carbocycles. The van der Waals surface area contributed by atoms with Crippen molar-refractivity contribution >= 4 is 11.9 Å². The number of carbonyl (C=O) groups is 2. The largest absolute Gasteiger partial charge is 0.462 e. The third-order valence-corrected chi connectivity index (χ3v) is 1.62. The van der Waals surface area contributed by atoms with Gasteiger partial charge < -0.3 is 15.2 Å². The fourth-order valence-corrected chi connectivity index (χ4v) is 0.763. The van der Waals surface area contributed by atoms with Crippen molar-refractivity contribution in [2.75, 3.05) is 6.61 Å². The molecule has 1 atom stereocenters. The average Bonchev–Trinajstić information content (AvgIpc) is 2.16. The SMILES string of the molecule is CCOC(=O)C(O)(NC(=O)CC)C(F)(F)F. The van der Waals surface area contributed by atoms with Crippen molar-refractivity contribution in [1.82, 2.24) is 5.32 Å². The first kappa shape index (κ1) is 14.7. The van der Waals surface area contributed by atoms with Gasteiger partial charge in [0.2, 0.25) is 5.91 Å². The summed E-state index contributed by atoms with van der Waals surface area (Å²) >= 11 is 0. The normalized spacial score (nSPS) is 15.1. The number of hydrogen-bond acceptors (Lipinski definition) is 4. The Morgan fingerprint density at radius 1 is 1.31 bits per heavy atom. The van der Waals surface area contributed by atoms with Crippen molar-refractivity contribution in [3.63, 3.8) is 0 Å². The molecule has 8 heteroatoms. The standard InChI is InChI=1S/C8H12F3NO4/c1-3-5(13)12-7(15,8(9,10)11)6(14)16-4-2/h15H,3-4H2,1-2H3,(H,12,13). The average molecular weight is 243 g/mol. The summed E-state index contributed by atoms with van der Waals surface area (Å²) in [7, 11) is 0. The summed E-state index contributed by atoms with van der Waals surface area (Å²) in [6.07, 6.45) is -5.65. The molecule has 0 heterocycles. The van der Waals surface area contributed by atoms with Crippen LogP contribution < -0.4 is 5.32 Å². The van der Waals surface area contributed by atoms with E-state index in [1.54, 1.807) is 0 Å². The summed E-state index contributed by atoms with van der Waals surface area (Å²) in [6, 6.07) is 0. The summed E-state index contributed by atoms with van der Waals surface area (Å²) in [5, 5.41) is 10.3. The van der Waals surface area contributed by atoms with Gasteiger partial charge in [-0.1, -0.05) is 6.92 Å². The summed E-state index contributed by atoms with van der Waals surface area (Å²) in [4.78, 5) is 21.8. The minimum Gasteiger partial charge on any atom is -0.462 e. The Morgan fingerprint density at radius 2 is 1.81 bits per heavy atom. The van der Waals surface area contributed by atoms with Crippen LogP contribution in [0.3, 0.4) is 0 Å². The smallest absolute Gasteiger partial charge is 0.448 e. The van der Waals surface area contributed by atoms with E-state index >= 15 is 0 Å². The van der Waals surface area contributed by atoms with Crippen LogP contribution in [0.25, 0.3) is 0 Å². The zero-order valence-electron chi connectivity index (χ0n) is 8.72. The topological polar surface area (TPSA) is 75.6 Å². The van der Waals surface area contributed by atoms with Gasteiger partial charge in [0.15, 0.2) is 0 Å². The van der Waals surface area contributed by atoms with Crippen LogP contribution in [0.15, 0.2) is 0 Å². The van der Waals surface area contributed by atoms with E-state index < -0.39 is 23.8 Å². The summed E-state index contributed by atoms with van der Waals surface area (Å²) in [5.41, 5.74) is -3.99. The zero-order valence-corrected chi connectivity index (χ0v) is 8.72. The molecule has 0 fully saturated rings. The molecule has 0 aliphatic heterocycles. The van der Waals surface area contributed by atoms with Crippen LogP contribution in [0.1, 0.15) is 20.3 Å². The molecule has 16 heavy (non-hydrogen) atoms. The first-order valence-corrected chi connectivity index (χ1v) is 4.46. The van der Waals surface area contributed by atoms with E-state index in [9.17, 15) is 22.8 Å². The molecule has 2 N–H and O–H groups in total. The number of carbonyl (C=O) groups excluding carboxylic acids is 2. The summed E-state index contributed by atoms with van der Waals surface area (Å²) in [6.45, 7) is 2.20. The van der Waals surface area contributed by atoms with Gasteiger partial charge in [-0.25, -0.2) is 4.79 Å². The quantitative estimate of drug-likeness (QED) is 0.551. The number of ether oxygens (including phenoxy) is 1. The summed E-state index contributed by atoms with van der Waals surface area (Å²) < 4.78 is 41.3. The molecule has 0 aromatic carbocycles.